The van der Waals surface area contributed by atoms with Gasteiger partial charge < -0.3 is 19.5 Å². The highest BCUT2D eigenvalue weighted by Gasteiger charge is 2.26. The molecule has 0 unspecified atom stereocenters. The molecule has 1 saturated heterocycles. The Hall–Kier alpha value is -3.45. The van der Waals surface area contributed by atoms with Gasteiger partial charge in [-0.1, -0.05) is 12.1 Å². The SMILES string of the molecule is CNc1ccc(-c2oc3ncnc(N4CCN(C)CC4)c3c2-c2ccc(F)cc2)cc1. The second kappa shape index (κ2) is 8.00. The second-order valence-corrected chi connectivity index (χ2v) is 7.81. The number of nitrogens with zero attached hydrogens (tertiary/aromatic N) is 4. The first kappa shape index (κ1) is 19.5. The van der Waals surface area contributed by atoms with E-state index in [0.29, 0.717) is 11.5 Å². The standard InChI is InChI=1S/C24H24FN5O/c1-26-19-9-5-17(6-10-19)22-20(16-3-7-18(25)8-4-16)21-23(27-15-28-24(21)31-22)30-13-11-29(2)12-14-30/h3-10,15,26H,11-14H2,1-2H3. The fourth-order valence-corrected chi connectivity index (χ4v) is 4.06. The number of halogens is 1. The molecule has 4 aromatic rings. The molecule has 1 fully saturated rings. The Balaban J connectivity index is 1.73. The maximum Gasteiger partial charge on any atom is 0.232 e. The van der Waals surface area contributed by atoms with E-state index in [1.165, 1.54) is 12.1 Å². The third kappa shape index (κ3) is 3.61. The van der Waals surface area contributed by atoms with Crippen LogP contribution < -0.4 is 10.2 Å². The number of benzene rings is 2. The number of furan rings is 1. The van der Waals surface area contributed by atoms with Crippen LogP contribution in [-0.4, -0.2) is 55.1 Å². The molecule has 6 nitrogen and oxygen atoms in total. The van der Waals surface area contributed by atoms with Gasteiger partial charge in [-0.15, -0.1) is 0 Å². The van der Waals surface area contributed by atoms with Gasteiger partial charge in [-0.25, -0.2) is 14.4 Å². The van der Waals surface area contributed by atoms with E-state index in [-0.39, 0.29) is 5.82 Å². The monoisotopic (exact) mass is 417 g/mol. The largest absolute Gasteiger partial charge is 0.437 e. The molecule has 0 saturated carbocycles. The minimum absolute atomic E-state index is 0.271. The summed E-state index contributed by atoms with van der Waals surface area (Å²) in [5.41, 5.74) is 4.25. The van der Waals surface area contributed by atoms with Crippen molar-refractivity contribution in [3.05, 3.63) is 60.7 Å². The average Bonchev–Trinajstić information content (AvgIpc) is 3.20. The molecule has 31 heavy (non-hydrogen) atoms. The van der Waals surface area contributed by atoms with Crippen LogP contribution in [-0.2, 0) is 0 Å². The number of piperazine rings is 1. The molecule has 7 heteroatoms. The summed E-state index contributed by atoms with van der Waals surface area (Å²) in [6.45, 7) is 3.69. The van der Waals surface area contributed by atoms with Crippen LogP contribution in [0.25, 0.3) is 33.6 Å². The first-order valence-electron chi connectivity index (χ1n) is 10.4. The molecule has 0 atom stereocenters. The summed E-state index contributed by atoms with van der Waals surface area (Å²) in [7, 11) is 4.01. The van der Waals surface area contributed by atoms with Gasteiger partial charge >= 0.3 is 0 Å². The second-order valence-electron chi connectivity index (χ2n) is 7.81. The van der Waals surface area contributed by atoms with E-state index in [1.54, 1.807) is 18.5 Å². The molecule has 2 aromatic carbocycles. The summed E-state index contributed by atoms with van der Waals surface area (Å²) in [6.07, 6.45) is 1.56. The first-order chi connectivity index (χ1) is 15.1. The van der Waals surface area contributed by atoms with Gasteiger partial charge in [0, 0.05) is 50.0 Å². The average molecular weight is 417 g/mol. The number of fused-ring (bicyclic) bond motifs is 1. The first-order valence-corrected chi connectivity index (χ1v) is 10.4. The van der Waals surface area contributed by atoms with E-state index in [0.717, 1.165) is 59.8 Å². The van der Waals surface area contributed by atoms with Crippen molar-refractivity contribution in [1.82, 2.24) is 14.9 Å². The Morgan fingerprint density at radius 3 is 2.26 bits per heavy atom. The summed E-state index contributed by atoms with van der Waals surface area (Å²) >= 11 is 0. The molecule has 0 aliphatic carbocycles. The van der Waals surface area contributed by atoms with Gasteiger partial charge in [-0.3, -0.25) is 0 Å². The van der Waals surface area contributed by atoms with Crippen LogP contribution in [0.1, 0.15) is 0 Å². The van der Waals surface area contributed by atoms with Crippen molar-refractivity contribution in [3.63, 3.8) is 0 Å². The molecule has 1 N–H and O–H groups in total. The number of rotatable bonds is 4. The van der Waals surface area contributed by atoms with E-state index < -0.39 is 0 Å². The Morgan fingerprint density at radius 2 is 1.58 bits per heavy atom. The number of likely N-dealkylation sites (N-methyl/N-ethyl adjacent to an activating group) is 1. The minimum Gasteiger partial charge on any atom is -0.437 e. The number of nitrogens with one attached hydrogen (secondary N) is 1. The molecule has 1 aliphatic heterocycles. The molecule has 1 aliphatic rings. The third-order valence-corrected chi connectivity index (χ3v) is 5.84. The number of anilines is 2. The lowest BCUT2D eigenvalue weighted by molar-refractivity contribution is 0.312. The highest BCUT2D eigenvalue weighted by atomic mass is 19.1. The molecular formula is C24H24FN5O. The van der Waals surface area contributed by atoms with Crippen molar-refractivity contribution in [3.8, 4) is 22.5 Å². The van der Waals surface area contributed by atoms with Crippen molar-refractivity contribution < 1.29 is 8.81 Å². The van der Waals surface area contributed by atoms with Gasteiger partial charge in [0.25, 0.3) is 0 Å². The lowest BCUT2D eigenvalue weighted by Gasteiger charge is -2.33. The molecule has 158 valence electrons. The van der Waals surface area contributed by atoms with Crippen LogP contribution >= 0.6 is 0 Å². The van der Waals surface area contributed by atoms with E-state index in [9.17, 15) is 4.39 Å². The van der Waals surface area contributed by atoms with Crippen LogP contribution in [0, 0.1) is 5.82 Å². The lowest BCUT2D eigenvalue weighted by atomic mass is 9.99. The van der Waals surface area contributed by atoms with Crippen molar-refractivity contribution in [2.75, 3.05) is 50.5 Å². The van der Waals surface area contributed by atoms with Gasteiger partial charge in [0.1, 0.15) is 23.7 Å². The summed E-state index contributed by atoms with van der Waals surface area (Å²) in [5.74, 6) is 1.30. The molecular weight excluding hydrogens is 393 g/mol. The van der Waals surface area contributed by atoms with Gasteiger partial charge in [-0.2, -0.15) is 0 Å². The highest BCUT2D eigenvalue weighted by molar-refractivity contribution is 6.06. The predicted molar refractivity (Wildman–Crippen MR) is 122 cm³/mol. The zero-order valence-corrected chi connectivity index (χ0v) is 17.6. The quantitative estimate of drug-likeness (QED) is 0.528. The zero-order chi connectivity index (χ0) is 21.4. The Kier molecular flexibility index (Phi) is 5.03. The Labute approximate surface area is 180 Å². The van der Waals surface area contributed by atoms with E-state index in [1.807, 2.05) is 31.3 Å². The predicted octanol–water partition coefficient (Wildman–Crippen LogP) is 4.49. The lowest BCUT2D eigenvalue weighted by Crippen LogP contribution is -2.44. The highest BCUT2D eigenvalue weighted by Crippen LogP contribution is 2.43. The van der Waals surface area contributed by atoms with Crippen LogP contribution in [0.3, 0.4) is 0 Å². The van der Waals surface area contributed by atoms with Crippen molar-refractivity contribution in [1.29, 1.82) is 0 Å². The van der Waals surface area contributed by atoms with Crippen molar-refractivity contribution in [2.24, 2.45) is 0 Å². The Bertz CT molecular complexity index is 1200. The smallest absolute Gasteiger partial charge is 0.232 e. The van der Waals surface area contributed by atoms with Crippen LogP contribution in [0.15, 0.2) is 59.3 Å². The van der Waals surface area contributed by atoms with E-state index in [4.69, 9.17) is 4.42 Å². The number of hydrogen-bond donors (Lipinski definition) is 1. The topological polar surface area (TPSA) is 57.4 Å². The van der Waals surface area contributed by atoms with Crippen molar-refractivity contribution >= 4 is 22.6 Å². The van der Waals surface area contributed by atoms with Crippen LogP contribution in [0.2, 0.25) is 0 Å². The summed E-state index contributed by atoms with van der Waals surface area (Å²) in [4.78, 5) is 13.7. The summed E-state index contributed by atoms with van der Waals surface area (Å²) < 4.78 is 20.0. The fourth-order valence-electron chi connectivity index (χ4n) is 4.06. The zero-order valence-electron chi connectivity index (χ0n) is 17.6. The fraction of sp³-hybridized carbons (Fsp3) is 0.250. The summed E-state index contributed by atoms with van der Waals surface area (Å²) in [5, 5.41) is 4.00. The van der Waals surface area contributed by atoms with E-state index in [2.05, 4.69) is 32.1 Å². The molecule has 0 bridgehead atoms. The van der Waals surface area contributed by atoms with Gasteiger partial charge in [0.15, 0.2) is 0 Å². The molecule has 5 rings (SSSR count). The summed E-state index contributed by atoms with van der Waals surface area (Å²) in [6, 6.07) is 14.5. The van der Waals surface area contributed by atoms with Crippen LogP contribution in [0.5, 0.6) is 0 Å². The molecule has 2 aromatic heterocycles. The third-order valence-electron chi connectivity index (χ3n) is 5.84. The van der Waals surface area contributed by atoms with Gasteiger partial charge in [0.2, 0.25) is 5.71 Å². The molecule has 0 amide bonds. The number of aromatic nitrogens is 2. The maximum absolute atomic E-state index is 13.7. The van der Waals surface area contributed by atoms with Gasteiger partial charge in [0.05, 0.1) is 5.39 Å². The maximum atomic E-state index is 13.7. The van der Waals surface area contributed by atoms with Gasteiger partial charge in [-0.05, 0) is 49.0 Å². The normalized spacial score (nSPS) is 14.9. The molecule has 3 heterocycles. The van der Waals surface area contributed by atoms with Crippen LogP contribution in [0.4, 0.5) is 15.9 Å². The van der Waals surface area contributed by atoms with Crippen molar-refractivity contribution in [2.45, 2.75) is 0 Å². The minimum atomic E-state index is -0.271. The number of hydrogen-bond acceptors (Lipinski definition) is 6. The van der Waals surface area contributed by atoms with E-state index >= 15 is 0 Å². The molecule has 0 spiro atoms. The molecule has 0 radical (unpaired) electrons. The Morgan fingerprint density at radius 1 is 0.903 bits per heavy atom.